The maximum absolute atomic E-state index is 12.0. The van der Waals surface area contributed by atoms with Crippen LogP contribution >= 0.6 is 0 Å². The van der Waals surface area contributed by atoms with Crippen molar-refractivity contribution in [3.05, 3.63) is 58.0 Å². The van der Waals surface area contributed by atoms with Gasteiger partial charge in [0.25, 0.3) is 5.91 Å². The van der Waals surface area contributed by atoms with Gasteiger partial charge in [0.2, 0.25) is 0 Å². The third-order valence-corrected chi connectivity index (χ3v) is 3.29. The van der Waals surface area contributed by atoms with E-state index in [1.807, 2.05) is 0 Å². The van der Waals surface area contributed by atoms with Crippen molar-refractivity contribution in [3.8, 4) is 5.75 Å². The van der Waals surface area contributed by atoms with E-state index in [-0.39, 0.29) is 23.0 Å². The number of carbonyl (C=O) groups excluding carboxylic acids is 2. The van der Waals surface area contributed by atoms with Crippen LogP contribution in [0.2, 0.25) is 0 Å². The average Bonchev–Trinajstić information content (AvgIpc) is 3.13. The molecule has 1 amide bonds. The molecule has 9 nitrogen and oxygen atoms in total. The van der Waals surface area contributed by atoms with Gasteiger partial charge in [0.05, 0.1) is 29.9 Å². The second kappa shape index (κ2) is 7.95. The fourth-order valence-corrected chi connectivity index (χ4v) is 2.07. The number of rotatable bonds is 7. The zero-order valence-electron chi connectivity index (χ0n) is 13.6. The predicted molar refractivity (Wildman–Crippen MR) is 85.2 cm³/mol. The number of nitrogens with zero attached hydrogens (tertiary/aromatic N) is 1. The molecule has 0 bridgehead atoms. The molecule has 0 fully saturated rings. The molecular formula is C16H16N2O7. The number of hydrogen-bond donors (Lipinski definition) is 1. The highest BCUT2D eigenvalue weighted by atomic mass is 16.6. The van der Waals surface area contributed by atoms with Gasteiger partial charge < -0.3 is 19.2 Å². The minimum atomic E-state index is -0.855. The molecule has 1 N–H and O–H groups in total. The van der Waals surface area contributed by atoms with Gasteiger partial charge in [0.1, 0.15) is 5.76 Å². The lowest BCUT2D eigenvalue weighted by molar-refractivity contribution is -0.385. The first kappa shape index (κ1) is 18.0. The van der Waals surface area contributed by atoms with Gasteiger partial charge in [-0.05, 0) is 31.2 Å². The van der Waals surface area contributed by atoms with Crippen LogP contribution in [-0.4, -0.2) is 30.5 Å². The normalized spacial score (nSPS) is 11.4. The molecule has 25 heavy (non-hydrogen) atoms. The summed E-state index contributed by atoms with van der Waals surface area (Å²) in [7, 11) is 1.28. The molecule has 1 heterocycles. The van der Waals surface area contributed by atoms with Crippen LogP contribution < -0.4 is 10.1 Å². The summed E-state index contributed by atoms with van der Waals surface area (Å²) in [6.07, 6.45) is 1.48. The van der Waals surface area contributed by atoms with Gasteiger partial charge >= 0.3 is 11.7 Å². The summed E-state index contributed by atoms with van der Waals surface area (Å²) >= 11 is 0. The fraction of sp³-hybridized carbons (Fsp3) is 0.250. The van der Waals surface area contributed by atoms with E-state index >= 15 is 0 Å². The number of carbonyl (C=O) groups is 2. The minimum absolute atomic E-state index is 0.0200. The molecule has 1 aromatic heterocycles. The summed E-state index contributed by atoms with van der Waals surface area (Å²) in [5.74, 6) is -0.802. The van der Waals surface area contributed by atoms with E-state index in [1.165, 1.54) is 25.5 Å². The second-order valence-electron chi connectivity index (χ2n) is 5.02. The van der Waals surface area contributed by atoms with Gasteiger partial charge in [-0.15, -0.1) is 0 Å². The number of hydrogen-bond acceptors (Lipinski definition) is 7. The first-order valence-electron chi connectivity index (χ1n) is 7.24. The monoisotopic (exact) mass is 348 g/mol. The van der Waals surface area contributed by atoms with E-state index < -0.39 is 23.4 Å². The Morgan fingerprint density at radius 2 is 2.12 bits per heavy atom. The molecule has 0 aliphatic heterocycles. The summed E-state index contributed by atoms with van der Waals surface area (Å²) in [4.78, 5) is 34.0. The van der Waals surface area contributed by atoms with Crippen molar-refractivity contribution in [1.29, 1.82) is 0 Å². The number of benzene rings is 1. The van der Waals surface area contributed by atoms with Crippen LogP contribution in [0.5, 0.6) is 5.75 Å². The fourth-order valence-electron chi connectivity index (χ4n) is 2.07. The third kappa shape index (κ3) is 4.56. The second-order valence-corrected chi connectivity index (χ2v) is 5.02. The third-order valence-electron chi connectivity index (χ3n) is 3.29. The molecule has 0 aliphatic rings. The molecule has 0 saturated heterocycles. The number of furan rings is 1. The van der Waals surface area contributed by atoms with Gasteiger partial charge in [-0.3, -0.25) is 14.9 Å². The van der Waals surface area contributed by atoms with Crippen molar-refractivity contribution in [3.63, 3.8) is 0 Å². The number of amides is 1. The van der Waals surface area contributed by atoms with Crippen LogP contribution in [0, 0.1) is 10.1 Å². The van der Waals surface area contributed by atoms with Crippen molar-refractivity contribution >= 4 is 17.6 Å². The molecule has 0 unspecified atom stereocenters. The quantitative estimate of drug-likeness (QED) is 0.462. The Kier molecular flexibility index (Phi) is 5.72. The summed E-state index contributed by atoms with van der Waals surface area (Å²) in [5.41, 5.74) is -0.424. The lowest BCUT2D eigenvalue weighted by Gasteiger charge is -2.11. The molecule has 2 rings (SSSR count). The van der Waals surface area contributed by atoms with E-state index in [0.717, 1.165) is 6.07 Å². The van der Waals surface area contributed by atoms with Gasteiger partial charge in [0, 0.05) is 6.07 Å². The van der Waals surface area contributed by atoms with Crippen molar-refractivity contribution in [1.82, 2.24) is 5.32 Å². The molecule has 9 heteroatoms. The number of ether oxygens (including phenoxy) is 2. The van der Waals surface area contributed by atoms with Crippen molar-refractivity contribution in [2.45, 2.75) is 13.0 Å². The van der Waals surface area contributed by atoms with Crippen molar-refractivity contribution < 1.29 is 28.4 Å². The zero-order valence-corrected chi connectivity index (χ0v) is 13.6. The van der Waals surface area contributed by atoms with Crippen molar-refractivity contribution in [2.24, 2.45) is 0 Å². The van der Waals surface area contributed by atoms with Crippen LogP contribution in [0.25, 0.3) is 0 Å². The van der Waals surface area contributed by atoms with E-state index in [2.05, 4.69) is 5.32 Å². The maximum atomic E-state index is 12.0. The van der Waals surface area contributed by atoms with Crippen LogP contribution in [0.15, 0.2) is 41.0 Å². The average molecular weight is 348 g/mol. The SMILES string of the molecule is COc1ccc(C(=O)OCC(=O)N[C@H](C)c2ccco2)cc1[N+](=O)[O-]. The summed E-state index contributed by atoms with van der Waals surface area (Å²) in [6, 6.07) is 6.64. The maximum Gasteiger partial charge on any atom is 0.338 e. The van der Waals surface area contributed by atoms with Gasteiger partial charge in [-0.1, -0.05) is 0 Å². The molecule has 0 radical (unpaired) electrons. The summed E-state index contributed by atoms with van der Waals surface area (Å²) in [5, 5.41) is 13.6. The molecule has 0 saturated carbocycles. The highest BCUT2D eigenvalue weighted by Gasteiger charge is 2.20. The summed E-state index contributed by atoms with van der Waals surface area (Å²) in [6.45, 7) is 1.19. The van der Waals surface area contributed by atoms with Crippen LogP contribution in [0.3, 0.4) is 0 Å². The number of nitrogens with one attached hydrogen (secondary N) is 1. The Bertz CT molecular complexity index is 771. The highest BCUT2D eigenvalue weighted by molar-refractivity contribution is 5.92. The van der Waals surface area contributed by atoms with E-state index in [0.29, 0.717) is 5.76 Å². The van der Waals surface area contributed by atoms with Crippen LogP contribution in [-0.2, 0) is 9.53 Å². The first-order valence-corrected chi connectivity index (χ1v) is 7.24. The lowest BCUT2D eigenvalue weighted by Crippen LogP contribution is -2.31. The number of nitro benzene ring substituents is 1. The highest BCUT2D eigenvalue weighted by Crippen LogP contribution is 2.27. The molecule has 1 atom stereocenters. The van der Waals surface area contributed by atoms with Gasteiger partial charge in [0.15, 0.2) is 12.4 Å². The largest absolute Gasteiger partial charge is 0.490 e. The van der Waals surface area contributed by atoms with Gasteiger partial charge in [-0.2, -0.15) is 0 Å². The minimum Gasteiger partial charge on any atom is -0.490 e. The molecule has 132 valence electrons. The van der Waals surface area contributed by atoms with E-state index in [9.17, 15) is 19.7 Å². The molecule has 1 aromatic carbocycles. The zero-order chi connectivity index (χ0) is 18.4. The molecular weight excluding hydrogens is 332 g/mol. The van der Waals surface area contributed by atoms with E-state index in [4.69, 9.17) is 13.9 Å². The van der Waals surface area contributed by atoms with Gasteiger partial charge in [-0.25, -0.2) is 4.79 Å². The smallest absolute Gasteiger partial charge is 0.338 e. The Morgan fingerprint density at radius 3 is 2.72 bits per heavy atom. The Labute approximate surface area is 142 Å². The molecule has 2 aromatic rings. The van der Waals surface area contributed by atoms with Crippen LogP contribution in [0.1, 0.15) is 29.1 Å². The lowest BCUT2D eigenvalue weighted by atomic mass is 10.2. The Hall–Kier alpha value is -3.36. The Morgan fingerprint density at radius 1 is 1.36 bits per heavy atom. The molecule has 0 spiro atoms. The summed E-state index contributed by atoms with van der Waals surface area (Å²) < 4.78 is 14.9. The number of nitro groups is 1. The number of methoxy groups -OCH3 is 1. The van der Waals surface area contributed by atoms with E-state index in [1.54, 1.807) is 19.1 Å². The standard InChI is InChI=1S/C16H16N2O7/c1-10(13-4-3-7-24-13)17-15(19)9-25-16(20)11-5-6-14(23-2)12(8-11)18(21)22/h3-8,10H,9H2,1-2H3,(H,17,19)/t10-/m1/s1. The Balaban J connectivity index is 1.94. The number of esters is 1. The molecule has 0 aliphatic carbocycles. The topological polar surface area (TPSA) is 121 Å². The predicted octanol–water partition coefficient (Wildman–Crippen LogP) is 2.23. The van der Waals surface area contributed by atoms with Crippen molar-refractivity contribution in [2.75, 3.05) is 13.7 Å². The van der Waals surface area contributed by atoms with Crippen LogP contribution in [0.4, 0.5) is 5.69 Å². The first-order chi connectivity index (χ1) is 11.9.